The number of carbonyl (C=O) groups excluding carboxylic acids is 2. The average molecular weight is 386 g/mol. The molecule has 1 aliphatic rings. The first-order valence-electron chi connectivity index (χ1n) is 9.68. The van der Waals surface area contributed by atoms with Crippen LogP contribution >= 0.6 is 0 Å². The molecule has 1 aliphatic heterocycles. The summed E-state index contributed by atoms with van der Waals surface area (Å²) in [5.74, 6) is 0.293. The van der Waals surface area contributed by atoms with Gasteiger partial charge in [-0.05, 0) is 36.6 Å². The van der Waals surface area contributed by atoms with Gasteiger partial charge in [0.15, 0.2) is 0 Å². The predicted molar refractivity (Wildman–Crippen MR) is 112 cm³/mol. The molecule has 1 N–H and O–H groups in total. The Morgan fingerprint density at radius 3 is 2.48 bits per heavy atom. The topological polar surface area (TPSA) is 75.2 Å². The van der Waals surface area contributed by atoms with E-state index in [1.165, 1.54) is 6.20 Å². The zero-order valence-corrected chi connectivity index (χ0v) is 16.2. The molecule has 2 aromatic carbocycles. The minimum atomic E-state index is -0.319. The lowest BCUT2D eigenvalue weighted by atomic mass is 10.1. The molecule has 6 nitrogen and oxygen atoms in total. The zero-order valence-electron chi connectivity index (χ0n) is 16.2. The summed E-state index contributed by atoms with van der Waals surface area (Å²) in [6.45, 7) is 3.78. The molecule has 0 aliphatic carbocycles. The number of amides is 2. The molecule has 2 amide bonds. The number of nitrogens with one attached hydrogen (secondary N) is 1. The first-order valence-corrected chi connectivity index (χ1v) is 9.68. The fourth-order valence-corrected chi connectivity index (χ4v) is 3.42. The monoisotopic (exact) mass is 386 g/mol. The highest BCUT2D eigenvalue weighted by molar-refractivity contribution is 6.03. The fourth-order valence-electron chi connectivity index (χ4n) is 3.42. The SMILES string of the molecule is CC1CCN(C(=O)c2ccc(-c3cncc(C(=O)Nc4ccccc4)n3)cc2)C1. The number of hydrogen-bond donors (Lipinski definition) is 1. The Morgan fingerprint density at radius 1 is 1.03 bits per heavy atom. The summed E-state index contributed by atoms with van der Waals surface area (Å²) in [5, 5.41) is 2.80. The van der Waals surface area contributed by atoms with Crippen LogP contribution in [0.1, 0.15) is 34.2 Å². The summed E-state index contributed by atoms with van der Waals surface area (Å²) in [6, 6.07) is 16.5. The molecule has 2 heterocycles. The third-order valence-electron chi connectivity index (χ3n) is 5.04. The van der Waals surface area contributed by atoms with E-state index in [-0.39, 0.29) is 17.5 Å². The number of carbonyl (C=O) groups is 2. The van der Waals surface area contributed by atoms with Gasteiger partial charge in [0.2, 0.25) is 0 Å². The lowest BCUT2D eigenvalue weighted by Crippen LogP contribution is -2.28. The van der Waals surface area contributed by atoms with Gasteiger partial charge in [-0.15, -0.1) is 0 Å². The smallest absolute Gasteiger partial charge is 0.275 e. The van der Waals surface area contributed by atoms with E-state index < -0.39 is 0 Å². The van der Waals surface area contributed by atoms with Crippen LogP contribution in [0.4, 0.5) is 5.69 Å². The van der Waals surface area contributed by atoms with Gasteiger partial charge in [0, 0.05) is 29.9 Å². The van der Waals surface area contributed by atoms with Crippen LogP contribution in [-0.2, 0) is 0 Å². The minimum Gasteiger partial charge on any atom is -0.338 e. The molecule has 0 bridgehead atoms. The predicted octanol–water partition coefficient (Wildman–Crippen LogP) is 3.88. The molecule has 6 heteroatoms. The molecule has 1 atom stereocenters. The van der Waals surface area contributed by atoms with Crippen molar-refractivity contribution in [2.24, 2.45) is 5.92 Å². The lowest BCUT2D eigenvalue weighted by molar-refractivity contribution is 0.0788. The van der Waals surface area contributed by atoms with Crippen LogP contribution in [0.5, 0.6) is 0 Å². The van der Waals surface area contributed by atoms with Gasteiger partial charge in [0.05, 0.1) is 18.1 Å². The standard InChI is InChI=1S/C23H22N4O2/c1-16-11-12-27(15-16)23(29)18-9-7-17(8-10-18)20-13-24-14-21(26-20)22(28)25-19-5-3-2-4-6-19/h2-10,13-14,16H,11-12,15H2,1H3,(H,25,28). The van der Waals surface area contributed by atoms with Gasteiger partial charge in [-0.2, -0.15) is 0 Å². The molecule has 1 unspecified atom stereocenters. The van der Waals surface area contributed by atoms with Crippen molar-refractivity contribution in [3.8, 4) is 11.3 Å². The van der Waals surface area contributed by atoms with E-state index in [1.54, 1.807) is 18.3 Å². The highest BCUT2D eigenvalue weighted by Gasteiger charge is 2.24. The van der Waals surface area contributed by atoms with Crippen LogP contribution in [0.2, 0.25) is 0 Å². The number of aromatic nitrogens is 2. The Balaban J connectivity index is 1.49. The lowest BCUT2D eigenvalue weighted by Gasteiger charge is -2.16. The van der Waals surface area contributed by atoms with E-state index >= 15 is 0 Å². The number of nitrogens with zero attached hydrogens (tertiary/aromatic N) is 3. The van der Waals surface area contributed by atoms with Gasteiger partial charge in [0.25, 0.3) is 11.8 Å². The summed E-state index contributed by atoms with van der Waals surface area (Å²) in [5.41, 5.74) is 2.98. The van der Waals surface area contributed by atoms with Crippen LogP contribution in [0.3, 0.4) is 0 Å². The van der Waals surface area contributed by atoms with Crippen molar-refractivity contribution in [3.05, 3.63) is 78.2 Å². The molecule has 4 rings (SSSR count). The Kier molecular flexibility index (Phi) is 5.33. The average Bonchev–Trinajstić information content (AvgIpc) is 3.20. The normalized spacial score (nSPS) is 15.9. The van der Waals surface area contributed by atoms with Gasteiger partial charge in [0.1, 0.15) is 5.69 Å². The maximum atomic E-state index is 12.6. The van der Waals surface area contributed by atoms with Crippen LogP contribution in [-0.4, -0.2) is 39.8 Å². The molecule has 1 fully saturated rings. The first kappa shape index (κ1) is 18.8. The highest BCUT2D eigenvalue weighted by atomic mass is 16.2. The van der Waals surface area contributed by atoms with Crippen LogP contribution in [0, 0.1) is 5.92 Å². The highest BCUT2D eigenvalue weighted by Crippen LogP contribution is 2.21. The van der Waals surface area contributed by atoms with Gasteiger partial charge in [-0.25, -0.2) is 4.98 Å². The van der Waals surface area contributed by atoms with E-state index in [9.17, 15) is 9.59 Å². The van der Waals surface area contributed by atoms with E-state index in [0.29, 0.717) is 22.9 Å². The molecule has 3 aromatic rings. The maximum absolute atomic E-state index is 12.6. The van der Waals surface area contributed by atoms with Gasteiger partial charge < -0.3 is 10.2 Å². The Hall–Kier alpha value is -3.54. The first-order chi connectivity index (χ1) is 14.1. The summed E-state index contributed by atoms with van der Waals surface area (Å²) in [6.07, 6.45) is 4.10. The Labute approximate surface area is 169 Å². The number of para-hydroxylation sites is 1. The third kappa shape index (κ3) is 4.32. The van der Waals surface area contributed by atoms with Crippen molar-refractivity contribution in [2.75, 3.05) is 18.4 Å². The largest absolute Gasteiger partial charge is 0.338 e. The van der Waals surface area contributed by atoms with E-state index in [4.69, 9.17) is 0 Å². The van der Waals surface area contributed by atoms with Crippen molar-refractivity contribution in [2.45, 2.75) is 13.3 Å². The number of hydrogen-bond acceptors (Lipinski definition) is 4. The number of rotatable bonds is 4. The maximum Gasteiger partial charge on any atom is 0.275 e. The molecule has 1 saturated heterocycles. The van der Waals surface area contributed by atoms with Crippen molar-refractivity contribution < 1.29 is 9.59 Å². The van der Waals surface area contributed by atoms with Gasteiger partial charge in [-0.1, -0.05) is 37.3 Å². The summed E-state index contributed by atoms with van der Waals surface area (Å²) in [7, 11) is 0. The third-order valence-corrected chi connectivity index (χ3v) is 5.04. The number of benzene rings is 2. The Morgan fingerprint density at radius 2 is 1.79 bits per heavy atom. The van der Waals surface area contributed by atoms with Crippen molar-refractivity contribution in [3.63, 3.8) is 0 Å². The van der Waals surface area contributed by atoms with Crippen LogP contribution in [0.25, 0.3) is 11.3 Å². The molecule has 29 heavy (non-hydrogen) atoms. The molecule has 0 saturated carbocycles. The van der Waals surface area contributed by atoms with E-state index in [0.717, 1.165) is 25.1 Å². The molecule has 0 spiro atoms. The second kappa shape index (κ2) is 8.22. The van der Waals surface area contributed by atoms with Crippen molar-refractivity contribution in [1.82, 2.24) is 14.9 Å². The van der Waals surface area contributed by atoms with Gasteiger partial charge >= 0.3 is 0 Å². The van der Waals surface area contributed by atoms with Crippen LogP contribution < -0.4 is 5.32 Å². The zero-order chi connectivity index (χ0) is 20.2. The van der Waals surface area contributed by atoms with Gasteiger partial charge in [-0.3, -0.25) is 14.6 Å². The van der Waals surface area contributed by atoms with E-state index in [2.05, 4.69) is 22.2 Å². The molecular formula is C23H22N4O2. The minimum absolute atomic E-state index is 0.0583. The van der Waals surface area contributed by atoms with E-state index in [1.807, 2.05) is 47.4 Å². The Bertz CT molecular complexity index is 1020. The molecule has 0 radical (unpaired) electrons. The van der Waals surface area contributed by atoms with Crippen molar-refractivity contribution in [1.29, 1.82) is 0 Å². The quantitative estimate of drug-likeness (QED) is 0.738. The van der Waals surface area contributed by atoms with Crippen LogP contribution in [0.15, 0.2) is 67.0 Å². The number of anilines is 1. The summed E-state index contributed by atoms with van der Waals surface area (Å²) in [4.78, 5) is 35.5. The summed E-state index contributed by atoms with van der Waals surface area (Å²) < 4.78 is 0. The summed E-state index contributed by atoms with van der Waals surface area (Å²) >= 11 is 0. The fraction of sp³-hybridized carbons (Fsp3) is 0.217. The molecule has 1 aromatic heterocycles. The second-order valence-electron chi connectivity index (χ2n) is 7.33. The number of likely N-dealkylation sites (tertiary alicyclic amines) is 1. The van der Waals surface area contributed by atoms with Crippen molar-refractivity contribution >= 4 is 17.5 Å². The molecular weight excluding hydrogens is 364 g/mol. The second-order valence-corrected chi connectivity index (χ2v) is 7.33. The molecule has 146 valence electrons.